The molecule has 2 rings (SSSR count). The van der Waals surface area contributed by atoms with Crippen molar-refractivity contribution < 1.29 is 18.7 Å². The van der Waals surface area contributed by atoms with Crippen LogP contribution in [0.3, 0.4) is 0 Å². The van der Waals surface area contributed by atoms with E-state index in [0.717, 1.165) is 0 Å². The maximum Gasteiger partial charge on any atom is 0.245 e. The number of rotatable bonds is 4. The first-order valence-electron chi connectivity index (χ1n) is 6.54. The Kier molecular flexibility index (Phi) is 4.68. The van der Waals surface area contributed by atoms with Gasteiger partial charge in [-0.2, -0.15) is 0 Å². The number of halogens is 1. The molecule has 1 saturated heterocycles. The lowest BCUT2D eigenvalue weighted by Crippen LogP contribution is -2.54. The number of hydrogen-bond acceptors (Lipinski definition) is 4. The number of nitrogens with one attached hydrogen (secondary N) is 1. The van der Waals surface area contributed by atoms with E-state index < -0.39 is 11.9 Å². The number of nitrogens with zero attached hydrogens (tertiary/aromatic N) is 1. The number of morpholine rings is 1. The van der Waals surface area contributed by atoms with E-state index in [-0.39, 0.29) is 18.1 Å². The number of carbonyl (C=O) groups excluding carboxylic acids is 2. The number of likely N-dealkylation sites (N-methyl/N-ethyl adjacent to an activating group) is 1. The summed E-state index contributed by atoms with van der Waals surface area (Å²) in [5.74, 6) is -0.632. The highest BCUT2D eigenvalue weighted by Gasteiger charge is 2.30. The molecule has 0 saturated carbocycles. The molecule has 1 aliphatic heterocycles. The van der Waals surface area contributed by atoms with Crippen LogP contribution in [0.15, 0.2) is 18.2 Å². The molecular formula is C14H17FN2O3. The van der Waals surface area contributed by atoms with Crippen LogP contribution >= 0.6 is 0 Å². The number of aldehydes is 1. The molecule has 0 bridgehead atoms. The molecule has 1 unspecified atom stereocenters. The van der Waals surface area contributed by atoms with Crippen molar-refractivity contribution in [1.82, 2.24) is 5.32 Å². The zero-order valence-corrected chi connectivity index (χ0v) is 11.3. The standard InChI is InChI=1S/C14H17FN2O3/c1-2-16-14(19)13-9-20-6-5-17(13)12-4-3-11(15)7-10(12)8-18/h3-4,7-8,13H,2,5-6,9H2,1H3,(H,16,19). The summed E-state index contributed by atoms with van der Waals surface area (Å²) in [7, 11) is 0. The largest absolute Gasteiger partial charge is 0.377 e. The highest BCUT2D eigenvalue weighted by molar-refractivity contribution is 5.90. The van der Waals surface area contributed by atoms with Crippen molar-refractivity contribution in [3.63, 3.8) is 0 Å². The molecule has 0 spiro atoms. The number of ether oxygens (including phenoxy) is 1. The van der Waals surface area contributed by atoms with Gasteiger partial charge in [0.05, 0.1) is 13.2 Å². The molecule has 0 aliphatic carbocycles. The fourth-order valence-electron chi connectivity index (χ4n) is 2.28. The van der Waals surface area contributed by atoms with Crippen molar-refractivity contribution in [2.75, 3.05) is 31.2 Å². The van der Waals surface area contributed by atoms with E-state index in [1.807, 2.05) is 6.92 Å². The van der Waals surface area contributed by atoms with Crippen LogP contribution in [0.1, 0.15) is 17.3 Å². The second-order valence-corrected chi connectivity index (χ2v) is 4.50. The van der Waals surface area contributed by atoms with Gasteiger partial charge in [-0.15, -0.1) is 0 Å². The topological polar surface area (TPSA) is 58.6 Å². The average Bonchev–Trinajstić information content (AvgIpc) is 2.47. The Morgan fingerprint density at radius 1 is 1.60 bits per heavy atom. The molecule has 1 aromatic rings. The molecule has 1 heterocycles. The Balaban J connectivity index is 2.32. The molecule has 0 radical (unpaired) electrons. The van der Waals surface area contributed by atoms with Crippen LogP contribution in [0.2, 0.25) is 0 Å². The third kappa shape index (κ3) is 2.96. The van der Waals surface area contributed by atoms with Crippen LogP contribution in [0.5, 0.6) is 0 Å². The van der Waals surface area contributed by atoms with Gasteiger partial charge in [0, 0.05) is 24.3 Å². The Bertz CT molecular complexity index is 507. The van der Waals surface area contributed by atoms with Gasteiger partial charge in [0.25, 0.3) is 0 Å². The SMILES string of the molecule is CCNC(=O)C1COCCN1c1ccc(F)cc1C=O. The number of hydrogen-bond donors (Lipinski definition) is 1. The summed E-state index contributed by atoms with van der Waals surface area (Å²) in [5.41, 5.74) is 0.794. The minimum absolute atomic E-state index is 0.159. The van der Waals surface area contributed by atoms with Crippen molar-refractivity contribution in [3.8, 4) is 0 Å². The van der Waals surface area contributed by atoms with Crippen molar-refractivity contribution in [1.29, 1.82) is 0 Å². The number of amides is 1. The summed E-state index contributed by atoms with van der Waals surface area (Å²) >= 11 is 0. The first-order chi connectivity index (χ1) is 9.67. The van der Waals surface area contributed by atoms with Crippen molar-refractivity contribution in [2.24, 2.45) is 0 Å². The summed E-state index contributed by atoms with van der Waals surface area (Å²) < 4.78 is 18.5. The number of carbonyl (C=O) groups is 2. The molecule has 108 valence electrons. The highest BCUT2D eigenvalue weighted by Crippen LogP contribution is 2.24. The zero-order chi connectivity index (χ0) is 14.5. The Morgan fingerprint density at radius 2 is 2.40 bits per heavy atom. The molecule has 1 aliphatic rings. The summed E-state index contributed by atoms with van der Waals surface area (Å²) in [6.07, 6.45) is 0.600. The van der Waals surface area contributed by atoms with Gasteiger partial charge in [-0.25, -0.2) is 4.39 Å². The van der Waals surface area contributed by atoms with Crippen LogP contribution < -0.4 is 10.2 Å². The lowest BCUT2D eigenvalue weighted by atomic mass is 10.1. The van der Waals surface area contributed by atoms with Gasteiger partial charge < -0.3 is 15.0 Å². The van der Waals surface area contributed by atoms with Crippen LogP contribution in [0, 0.1) is 5.82 Å². The van der Waals surface area contributed by atoms with Crippen LogP contribution in [0.25, 0.3) is 0 Å². The summed E-state index contributed by atoms with van der Waals surface area (Å²) in [6, 6.07) is 3.48. The monoisotopic (exact) mass is 280 g/mol. The van der Waals surface area contributed by atoms with Crippen molar-refractivity contribution >= 4 is 17.9 Å². The summed E-state index contributed by atoms with van der Waals surface area (Å²) in [6.45, 7) is 3.55. The second-order valence-electron chi connectivity index (χ2n) is 4.50. The van der Waals surface area contributed by atoms with E-state index in [1.165, 1.54) is 18.2 Å². The molecule has 1 N–H and O–H groups in total. The molecule has 1 amide bonds. The van der Waals surface area contributed by atoms with Gasteiger partial charge >= 0.3 is 0 Å². The van der Waals surface area contributed by atoms with Crippen molar-refractivity contribution in [2.45, 2.75) is 13.0 Å². The molecule has 5 nitrogen and oxygen atoms in total. The van der Waals surface area contributed by atoms with E-state index in [0.29, 0.717) is 31.7 Å². The van der Waals surface area contributed by atoms with E-state index >= 15 is 0 Å². The maximum absolute atomic E-state index is 13.2. The van der Waals surface area contributed by atoms with Gasteiger partial charge in [-0.05, 0) is 25.1 Å². The number of benzene rings is 1. The number of anilines is 1. The third-order valence-corrected chi connectivity index (χ3v) is 3.21. The first kappa shape index (κ1) is 14.5. The molecule has 0 aromatic heterocycles. The lowest BCUT2D eigenvalue weighted by molar-refractivity contribution is -0.124. The second kappa shape index (κ2) is 6.47. The fraction of sp³-hybridized carbons (Fsp3) is 0.429. The van der Waals surface area contributed by atoms with Gasteiger partial charge in [-0.3, -0.25) is 9.59 Å². The van der Waals surface area contributed by atoms with E-state index in [9.17, 15) is 14.0 Å². The van der Waals surface area contributed by atoms with Gasteiger partial charge in [0.15, 0.2) is 6.29 Å². The average molecular weight is 280 g/mol. The van der Waals surface area contributed by atoms with Crippen LogP contribution in [-0.2, 0) is 9.53 Å². The fourth-order valence-corrected chi connectivity index (χ4v) is 2.28. The van der Waals surface area contributed by atoms with E-state index in [2.05, 4.69) is 5.32 Å². The minimum Gasteiger partial charge on any atom is -0.377 e. The summed E-state index contributed by atoms with van der Waals surface area (Å²) in [5, 5.41) is 2.74. The van der Waals surface area contributed by atoms with Gasteiger partial charge in [0.1, 0.15) is 11.9 Å². The van der Waals surface area contributed by atoms with Crippen LogP contribution in [0.4, 0.5) is 10.1 Å². The minimum atomic E-state index is -0.507. The van der Waals surface area contributed by atoms with E-state index in [4.69, 9.17) is 4.74 Å². The van der Waals surface area contributed by atoms with Crippen LogP contribution in [-0.4, -0.2) is 44.5 Å². The highest BCUT2D eigenvalue weighted by atomic mass is 19.1. The lowest BCUT2D eigenvalue weighted by Gasteiger charge is -2.36. The molecule has 6 heteroatoms. The Labute approximate surface area is 116 Å². The van der Waals surface area contributed by atoms with Gasteiger partial charge in [0.2, 0.25) is 5.91 Å². The normalized spacial score (nSPS) is 18.7. The van der Waals surface area contributed by atoms with Crippen molar-refractivity contribution in [3.05, 3.63) is 29.6 Å². The summed E-state index contributed by atoms with van der Waals surface area (Å²) in [4.78, 5) is 24.9. The molecule has 1 atom stereocenters. The smallest absolute Gasteiger partial charge is 0.245 e. The molecule has 1 aromatic carbocycles. The predicted molar refractivity (Wildman–Crippen MR) is 72.4 cm³/mol. The Morgan fingerprint density at radius 3 is 3.10 bits per heavy atom. The predicted octanol–water partition coefficient (Wildman–Crippen LogP) is 0.979. The third-order valence-electron chi connectivity index (χ3n) is 3.21. The van der Waals surface area contributed by atoms with E-state index in [1.54, 1.807) is 4.90 Å². The Hall–Kier alpha value is -1.95. The zero-order valence-electron chi connectivity index (χ0n) is 11.3. The molecule has 20 heavy (non-hydrogen) atoms. The first-order valence-corrected chi connectivity index (χ1v) is 6.54. The maximum atomic E-state index is 13.2. The molecular weight excluding hydrogens is 263 g/mol. The van der Waals surface area contributed by atoms with Gasteiger partial charge in [-0.1, -0.05) is 0 Å². The molecule has 1 fully saturated rings. The quantitative estimate of drug-likeness (QED) is 0.835.